The summed E-state index contributed by atoms with van der Waals surface area (Å²) in [5.74, 6) is -0.0380. The molecular formula is C16H11N3O3S. The highest BCUT2D eigenvalue weighted by molar-refractivity contribution is 7.99. The van der Waals surface area contributed by atoms with E-state index in [2.05, 4.69) is 4.98 Å². The van der Waals surface area contributed by atoms with Crippen LogP contribution in [-0.4, -0.2) is 20.4 Å². The molecule has 0 unspecified atom stereocenters. The maximum Gasteiger partial charge on any atom is 0.269 e. The fourth-order valence-corrected chi connectivity index (χ4v) is 3.99. The summed E-state index contributed by atoms with van der Waals surface area (Å²) in [6.07, 6.45) is 0.291. The van der Waals surface area contributed by atoms with Gasteiger partial charge in [-0.3, -0.25) is 19.5 Å². The minimum Gasteiger partial charge on any atom is -0.274 e. The Morgan fingerprint density at radius 3 is 2.87 bits per heavy atom. The van der Waals surface area contributed by atoms with Gasteiger partial charge in [0.1, 0.15) is 0 Å². The number of non-ortho nitro benzene ring substituents is 1. The van der Waals surface area contributed by atoms with Gasteiger partial charge in [0, 0.05) is 23.8 Å². The molecule has 7 heteroatoms. The summed E-state index contributed by atoms with van der Waals surface area (Å²) in [6, 6.07) is 14.0. The molecule has 0 amide bonds. The summed E-state index contributed by atoms with van der Waals surface area (Å²) in [5.41, 5.74) is 2.39. The minimum atomic E-state index is -0.423. The fraction of sp³-hybridized carbons (Fsp3) is 0.125. The zero-order valence-electron chi connectivity index (χ0n) is 11.9. The van der Waals surface area contributed by atoms with E-state index in [1.165, 1.54) is 23.9 Å². The Kier molecular flexibility index (Phi) is 3.16. The van der Waals surface area contributed by atoms with Gasteiger partial charge in [-0.1, -0.05) is 36.0 Å². The number of fused-ring (bicyclic) bond motifs is 3. The highest BCUT2D eigenvalue weighted by Crippen LogP contribution is 2.43. The first-order valence-electron chi connectivity index (χ1n) is 7.05. The van der Waals surface area contributed by atoms with Gasteiger partial charge in [0.15, 0.2) is 5.16 Å². The summed E-state index contributed by atoms with van der Waals surface area (Å²) in [4.78, 5) is 27.6. The van der Waals surface area contributed by atoms with Crippen molar-refractivity contribution in [3.05, 3.63) is 64.2 Å². The van der Waals surface area contributed by atoms with E-state index in [1.807, 2.05) is 30.3 Å². The second kappa shape index (κ2) is 5.20. The van der Waals surface area contributed by atoms with Crippen molar-refractivity contribution in [1.82, 2.24) is 9.55 Å². The van der Waals surface area contributed by atoms with Gasteiger partial charge in [-0.05, 0) is 17.7 Å². The van der Waals surface area contributed by atoms with E-state index in [0.717, 1.165) is 16.6 Å². The number of para-hydroxylation sites is 2. The third-order valence-corrected chi connectivity index (χ3v) is 5.05. The molecule has 1 aliphatic heterocycles. The maximum atomic E-state index is 12.5. The first-order valence-corrected chi connectivity index (χ1v) is 7.93. The lowest BCUT2D eigenvalue weighted by atomic mass is 10.1. The lowest BCUT2D eigenvalue weighted by Crippen LogP contribution is -2.19. The molecular weight excluding hydrogens is 314 g/mol. The summed E-state index contributed by atoms with van der Waals surface area (Å²) in [5, 5.41) is 11.4. The number of benzene rings is 2. The Morgan fingerprint density at radius 2 is 2.04 bits per heavy atom. The second-order valence-electron chi connectivity index (χ2n) is 5.27. The molecule has 0 bridgehead atoms. The smallest absolute Gasteiger partial charge is 0.269 e. The molecule has 3 aromatic rings. The monoisotopic (exact) mass is 325 g/mol. The molecule has 1 aromatic heterocycles. The van der Waals surface area contributed by atoms with Crippen molar-refractivity contribution >= 4 is 34.4 Å². The molecule has 1 atom stereocenters. The van der Waals surface area contributed by atoms with Crippen LogP contribution in [0.2, 0.25) is 0 Å². The van der Waals surface area contributed by atoms with Gasteiger partial charge in [-0.25, -0.2) is 4.98 Å². The number of rotatable bonds is 2. The van der Waals surface area contributed by atoms with Crippen molar-refractivity contribution in [1.29, 1.82) is 0 Å². The quantitative estimate of drug-likeness (QED) is 0.528. The molecule has 4 rings (SSSR count). The number of nitro benzene ring substituents is 1. The fourth-order valence-electron chi connectivity index (χ4n) is 2.77. The standard InChI is InChI=1S/C16H11N3O3S/c20-15-9-14(10-4-3-5-11(8-10)19(21)22)23-16-17-12-6-1-2-7-13(12)18(15)16/h1-8,14H,9H2/t14-/m0/s1. The minimum absolute atomic E-state index is 0.0367. The van der Waals surface area contributed by atoms with Crippen LogP contribution in [0.5, 0.6) is 0 Å². The van der Waals surface area contributed by atoms with Gasteiger partial charge in [-0.15, -0.1) is 0 Å². The summed E-state index contributed by atoms with van der Waals surface area (Å²) in [6.45, 7) is 0. The molecule has 1 aliphatic rings. The third-order valence-electron chi connectivity index (χ3n) is 3.84. The van der Waals surface area contributed by atoms with Crippen molar-refractivity contribution < 1.29 is 9.72 Å². The van der Waals surface area contributed by atoms with Gasteiger partial charge in [-0.2, -0.15) is 0 Å². The van der Waals surface area contributed by atoms with Crippen molar-refractivity contribution in [2.24, 2.45) is 0 Å². The number of hydrogen-bond donors (Lipinski definition) is 0. The van der Waals surface area contributed by atoms with Crippen LogP contribution >= 0.6 is 11.8 Å². The van der Waals surface area contributed by atoms with E-state index < -0.39 is 4.92 Å². The number of carbonyl (C=O) groups is 1. The Hall–Kier alpha value is -2.67. The Labute approximate surface area is 135 Å². The molecule has 0 N–H and O–H groups in total. The van der Waals surface area contributed by atoms with Crippen LogP contribution in [0.25, 0.3) is 11.0 Å². The van der Waals surface area contributed by atoms with Crippen LogP contribution in [0, 0.1) is 10.1 Å². The predicted octanol–water partition coefficient (Wildman–Crippen LogP) is 3.82. The zero-order valence-corrected chi connectivity index (χ0v) is 12.7. The lowest BCUT2D eigenvalue weighted by Gasteiger charge is -2.21. The molecule has 6 nitrogen and oxygen atoms in total. The van der Waals surface area contributed by atoms with Crippen LogP contribution in [0.15, 0.2) is 53.7 Å². The largest absolute Gasteiger partial charge is 0.274 e. The Morgan fingerprint density at radius 1 is 1.22 bits per heavy atom. The topological polar surface area (TPSA) is 78.0 Å². The summed E-state index contributed by atoms with van der Waals surface area (Å²) in [7, 11) is 0. The van der Waals surface area contributed by atoms with Crippen LogP contribution in [0.3, 0.4) is 0 Å². The highest BCUT2D eigenvalue weighted by atomic mass is 32.2. The molecule has 2 heterocycles. The predicted molar refractivity (Wildman–Crippen MR) is 86.7 cm³/mol. The van der Waals surface area contributed by atoms with Crippen LogP contribution in [-0.2, 0) is 0 Å². The van der Waals surface area contributed by atoms with Crippen molar-refractivity contribution in [2.75, 3.05) is 0 Å². The van der Waals surface area contributed by atoms with Crippen LogP contribution < -0.4 is 0 Å². The molecule has 0 saturated carbocycles. The van der Waals surface area contributed by atoms with E-state index >= 15 is 0 Å². The van der Waals surface area contributed by atoms with Crippen molar-refractivity contribution in [3.8, 4) is 0 Å². The number of thioether (sulfide) groups is 1. The highest BCUT2D eigenvalue weighted by Gasteiger charge is 2.30. The van der Waals surface area contributed by atoms with Gasteiger partial charge >= 0.3 is 0 Å². The van der Waals surface area contributed by atoms with Gasteiger partial charge < -0.3 is 0 Å². The first-order chi connectivity index (χ1) is 11.1. The number of hydrogen-bond acceptors (Lipinski definition) is 5. The summed E-state index contributed by atoms with van der Waals surface area (Å²) >= 11 is 1.47. The van der Waals surface area contributed by atoms with E-state index in [9.17, 15) is 14.9 Å². The molecule has 23 heavy (non-hydrogen) atoms. The normalized spacial score (nSPS) is 17.2. The molecule has 0 aliphatic carbocycles. The molecule has 114 valence electrons. The average molecular weight is 325 g/mol. The maximum absolute atomic E-state index is 12.5. The first kappa shape index (κ1) is 14.0. The van der Waals surface area contributed by atoms with Gasteiger partial charge in [0.2, 0.25) is 5.91 Å². The van der Waals surface area contributed by atoms with Gasteiger partial charge in [0.05, 0.1) is 16.0 Å². The van der Waals surface area contributed by atoms with Gasteiger partial charge in [0.25, 0.3) is 5.69 Å². The SMILES string of the molecule is O=C1C[C@@H](c2cccc([N+](=O)[O-])c2)Sc2nc3ccccc3n21. The molecule has 0 radical (unpaired) electrons. The number of imidazole rings is 1. The number of aromatic nitrogens is 2. The molecule has 0 saturated heterocycles. The van der Waals surface area contributed by atoms with E-state index in [4.69, 9.17) is 0 Å². The lowest BCUT2D eigenvalue weighted by molar-refractivity contribution is -0.384. The number of carbonyl (C=O) groups excluding carboxylic acids is 1. The summed E-state index contributed by atoms with van der Waals surface area (Å²) < 4.78 is 1.63. The van der Waals surface area contributed by atoms with E-state index in [-0.39, 0.29) is 16.8 Å². The Bertz CT molecular complexity index is 951. The van der Waals surface area contributed by atoms with E-state index in [0.29, 0.717) is 11.6 Å². The zero-order chi connectivity index (χ0) is 16.0. The molecule has 0 fully saturated rings. The third kappa shape index (κ3) is 2.29. The average Bonchev–Trinajstić information content (AvgIpc) is 2.93. The van der Waals surface area contributed by atoms with E-state index in [1.54, 1.807) is 10.6 Å². The van der Waals surface area contributed by atoms with Crippen LogP contribution in [0.4, 0.5) is 5.69 Å². The number of nitrogens with zero attached hydrogens (tertiary/aromatic N) is 3. The van der Waals surface area contributed by atoms with Crippen LogP contribution in [0.1, 0.15) is 22.0 Å². The molecule has 0 spiro atoms. The number of nitro groups is 1. The molecule has 2 aromatic carbocycles. The second-order valence-corrected chi connectivity index (χ2v) is 6.44. The Balaban J connectivity index is 1.76. The van der Waals surface area contributed by atoms with Crippen molar-refractivity contribution in [2.45, 2.75) is 16.8 Å². The van der Waals surface area contributed by atoms with Crippen molar-refractivity contribution in [3.63, 3.8) is 0 Å².